The van der Waals surface area contributed by atoms with E-state index in [0.717, 1.165) is 23.4 Å². The molecule has 1 aliphatic rings. The molecule has 2 aromatic carbocycles. The van der Waals surface area contributed by atoms with Crippen LogP contribution in [-0.4, -0.2) is 168 Å². The van der Waals surface area contributed by atoms with Crippen molar-refractivity contribution in [3.05, 3.63) is 83.7 Å². The zero-order valence-corrected chi connectivity index (χ0v) is 50.7. The molecule has 1 aliphatic heterocycles. The van der Waals surface area contributed by atoms with Gasteiger partial charge in [-0.1, -0.05) is 85.7 Å². The Labute approximate surface area is 492 Å². The number of carboxylic acids is 2. The van der Waals surface area contributed by atoms with E-state index in [4.69, 9.17) is 29.8 Å². The molecule has 6 N–H and O–H groups in total. The molecular formula is C60H90F2N6O14S. The molecule has 1 fully saturated rings. The van der Waals surface area contributed by atoms with Gasteiger partial charge in [-0.3, -0.25) is 33.7 Å². The van der Waals surface area contributed by atoms with Gasteiger partial charge in [0.2, 0.25) is 29.5 Å². The molecule has 0 spiro atoms. The molecule has 23 heteroatoms. The van der Waals surface area contributed by atoms with Gasteiger partial charge in [0.15, 0.2) is 0 Å². The number of halogens is 2. The Morgan fingerprint density at radius 2 is 1.43 bits per heavy atom. The summed E-state index contributed by atoms with van der Waals surface area (Å²) in [7, 11) is 0. The number of rotatable bonds is 37. The zero-order valence-electron chi connectivity index (χ0n) is 49.9. The highest BCUT2D eigenvalue weighted by Gasteiger charge is 2.40. The summed E-state index contributed by atoms with van der Waals surface area (Å²) < 4.78 is 52.5. The number of imide groups is 1. The molecule has 3 aromatic rings. The fourth-order valence-electron chi connectivity index (χ4n) is 8.58. The lowest BCUT2D eigenvalue weighted by molar-refractivity contribution is -0.142. The Bertz CT molecular complexity index is 2490. The minimum absolute atomic E-state index is 0.00388. The van der Waals surface area contributed by atoms with Crippen LogP contribution in [-0.2, 0) is 63.8 Å². The van der Waals surface area contributed by atoms with Crippen LogP contribution in [0.3, 0.4) is 0 Å². The Balaban J connectivity index is 0.000000550. The van der Waals surface area contributed by atoms with Crippen LogP contribution in [0.15, 0.2) is 60.8 Å². The number of amides is 5. The van der Waals surface area contributed by atoms with Crippen molar-refractivity contribution in [3.63, 3.8) is 0 Å². The van der Waals surface area contributed by atoms with Crippen molar-refractivity contribution in [2.45, 2.75) is 119 Å². The maximum absolute atomic E-state index is 14.9. The summed E-state index contributed by atoms with van der Waals surface area (Å²) in [6, 6.07) is 13.5. The highest BCUT2D eigenvalue weighted by atomic mass is 32.2. The Hall–Kier alpha value is -6.11. The van der Waals surface area contributed by atoms with Gasteiger partial charge in [-0.2, -0.15) is 11.8 Å². The molecular weight excluding hydrogens is 1100 g/mol. The third kappa shape index (κ3) is 27.4. The van der Waals surface area contributed by atoms with Crippen molar-refractivity contribution in [3.8, 4) is 11.1 Å². The summed E-state index contributed by atoms with van der Waals surface area (Å²) in [5.74, 6) is -4.89. The van der Waals surface area contributed by atoms with E-state index < -0.39 is 52.9 Å². The summed E-state index contributed by atoms with van der Waals surface area (Å²) >= 11 is 1.29. The van der Waals surface area contributed by atoms with Crippen molar-refractivity contribution in [1.82, 2.24) is 25.0 Å². The smallest absolute Gasteiger partial charge is 0.326 e. The first kappa shape index (κ1) is 73.0. The van der Waals surface area contributed by atoms with E-state index in [2.05, 4.69) is 10.6 Å². The first-order chi connectivity index (χ1) is 39.4. The van der Waals surface area contributed by atoms with E-state index in [1.54, 1.807) is 6.92 Å². The second kappa shape index (κ2) is 39.4. The van der Waals surface area contributed by atoms with Gasteiger partial charge >= 0.3 is 11.9 Å². The molecule has 5 amide bonds. The van der Waals surface area contributed by atoms with Gasteiger partial charge in [0.25, 0.3) is 0 Å². The monoisotopic (exact) mass is 1190 g/mol. The van der Waals surface area contributed by atoms with Crippen LogP contribution in [0.25, 0.3) is 11.1 Å². The molecule has 20 nitrogen and oxygen atoms in total. The molecule has 0 aliphatic carbocycles. The average Bonchev–Trinajstić information content (AvgIpc) is 3.62. The number of ketones is 1. The Morgan fingerprint density at radius 3 is 1.99 bits per heavy atom. The number of nitrogens with one attached hydrogen (secondary N) is 2. The number of nitrogens with zero attached hydrogens (tertiary/aromatic N) is 3. The van der Waals surface area contributed by atoms with Gasteiger partial charge in [0.1, 0.15) is 23.5 Å². The lowest BCUT2D eigenvalue weighted by Crippen LogP contribution is -2.44. The fourth-order valence-corrected chi connectivity index (χ4v) is 9.53. The second-order valence-corrected chi connectivity index (χ2v) is 22.1. The van der Waals surface area contributed by atoms with Gasteiger partial charge in [-0.25, -0.2) is 13.6 Å². The van der Waals surface area contributed by atoms with Gasteiger partial charge in [-0.15, -0.1) is 0 Å². The molecule has 0 radical (unpaired) electrons. The van der Waals surface area contributed by atoms with E-state index in [9.17, 15) is 52.2 Å². The summed E-state index contributed by atoms with van der Waals surface area (Å²) in [6.07, 6.45) is 2.79. The average molecular weight is 1190 g/mol. The maximum atomic E-state index is 14.9. The predicted octanol–water partition coefficient (Wildman–Crippen LogP) is 7.15. The van der Waals surface area contributed by atoms with Crippen LogP contribution in [0.1, 0.15) is 118 Å². The van der Waals surface area contributed by atoms with Crippen molar-refractivity contribution < 1.29 is 76.3 Å². The van der Waals surface area contributed by atoms with Crippen molar-refractivity contribution in [2.24, 2.45) is 28.9 Å². The summed E-state index contributed by atoms with van der Waals surface area (Å²) in [5, 5.41) is 23.4. The SMILES string of the molecule is CC.CC(=O)CC[C@H](NC(=O)CCOCCOCCOCCOCCNC(=O)CCN1C(=O)CC(C(C)C)C1=O)C(=O)O.C[C@@H](CSCC(=O)N(CCCN)[C@@H](c1cc(-c2cc(F)ccc2F)cn1Cc1ccccc1)C(C)(C)C)C(=O)O. The Morgan fingerprint density at radius 1 is 0.819 bits per heavy atom. The van der Waals surface area contributed by atoms with Gasteiger partial charge in [0.05, 0.1) is 70.6 Å². The molecule has 4 atom stereocenters. The third-order valence-electron chi connectivity index (χ3n) is 12.9. The minimum Gasteiger partial charge on any atom is -0.481 e. The number of aromatic nitrogens is 1. The van der Waals surface area contributed by atoms with E-state index in [1.165, 1.54) is 29.7 Å². The molecule has 464 valence electrons. The van der Waals surface area contributed by atoms with Gasteiger partial charge in [-0.05, 0) is 67.5 Å². The first-order valence-corrected chi connectivity index (χ1v) is 29.5. The molecule has 1 aromatic heterocycles. The van der Waals surface area contributed by atoms with Crippen molar-refractivity contribution in [1.29, 1.82) is 0 Å². The van der Waals surface area contributed by atoms with Crippen molar-refractivity contribution >= 4 is 59.0 Å². The van der Waals surface area contributed by atoms with E-state index in [0.29, 0.717) is 83.6 Å². The normalized spacial score (nSPS) is 14.2. The number of hydrogen-bond donors (Lipinski definition) is 5. The van der Waals surface area contributed by atoms with Crippen LogP contribution in [0.4, 0.5) is 8.78 Å². The molecule has 2 heterocycles. The van der Waals surface area contributed by atoms with Crippen LogP contribution in [0.5, 0.6) is 0 Å². The fraction of sp³-hybridized carbons (Fsp3) is 0.600. The molecule has 4 rings (SSSR count). The Kier molecular flexibility index (Phi) is 34.7. The standard InChI is InChI=1S/C31H39F2N3O3S.C27H45N3O11.C2H6/c1-21(30(38)39)19-40-20-28(37)36(14-8-13-34)29(31(2,3)4)27-15-23(25-16-24(32)11-12-26(25)33)18-35(27)17-22-9-6-5-7-10-22;1-19(2)21-18-25(34)30(26(21)35)9-6-23(32)28-8-11-39-13-15-41-17-16-40-14-12-38-10-7-24(33)29-22(27(36)37)5-4-20(3)31;1-2/h5-7,9-12,15-16,18,21,29H,8,13-14,17,19-20,34H2,1-4H3,(H,38,39);19,21-22H,4-18H2,1-3H3,(H,28,32)(H,29,33)(H,36,37);1-2H3/t21-,29-;21?,22-;/m00./s1. The van der Waals surface area contributed by atoms with Gasteiger partial charge in [0, 0.05) is 86.6 Å². The number of ether oxygens (including phenoxy) is 4. The van der Waals surface area contributed by atoms with Gasteiger partial charge < -0.3 is 59.8 Å². The van der Waals surface area contributed by atoms with E-state index >= 15 is 0 Å². The number of likely N-dealkylation sites (tertiary alicyclic amines) is 1. The number of carbonyl (C=O) groups is 8. The number of nitrogens with two attached hydrogens (primary N) is 1. The maximum Gasteiger partial charge on any atom is 0.326 e. The molecule has 0 saturated carbocycles. The summed E-state index contributed by atoms with van der Waals surface area (Å²) in [6.45, 7) is 21.0. The number of thioether (sulfide) groups is 1. The van der Waals surface area contributed by atoms with Crippen LogP contribution in [0.2, 0.25) is 0 Å². The summed E-state index contributed by atoms with van der Waals surface area (Å²) in [4.78, 5) is 98.1. The van der Waals surface area contributed by atoms with E-state index in [-0.39, 0.29) is 104 Å². The quantitative estimate of drug-likeness (QED) is 0.0283. The number of benzene rings is 2. The number of hydrogen-bond acceptors (Lipinski definition) is 14. The van der Waals surface area contributed by atoms with E-state index in [1.807, 2.05) is 101 Å². The first-order valence-electron chi connectivity index (χ1n) is 28.4. The number of carbonyl (C=O) groups excluding carboxylic acids is 6. The number of Topliss-reactive ketones (excluding diaryl/α,β-unsaturated/α-hetero) is 1. The largest absolute Gasteiger partial charge is 0.481 e. The topological polar surface area (TPSA) is 275 Å². The molecule has 0 bridgehead atoms. The lowest BCUT2D eigenvalue weighted by atomic mass is 9.83. The number of carboxylic acid groups (broad SMARTS) is 2. The lowest BCUT2D eigenvalue weighted by Gasteiger charge is -2.41. The highest BCUT2D eigenvalue weighted by molar-refractivity contribution is 7.99. The summed E-state index contributed by atoms with van der Waals surface area (Å²) in [5.41, 5.74) is 7.91. The van der Waals surface area contributed by atoms with Crippen LogP contribution in [0, 0.1) is 34.8 Å². The minimum atomic E-state index is -1.18. The molecule has 1 unspecified atom stereocenters. The molecule has 83 heavy (non-hydrogen) atoms. The van der Waals surface area contributed by atoms with Crippen LogP contribution < -0.4 is 16.4 Å². The predicted molar refractivity (Wildman–Crippen MR) is 313 cm³/mol. The highest BCUT2D eigenvalue weighted by Crippen LogP contribution is 2.41. The van der Waals surface area contributed by atoms with Crippen molar-refractivity contribution in [2.75, 3.05) is 90.5 Å². The zero-order chi connectivity index (χ0) is 62.1. The second-order valence-electron chi connectivity index (χ2n) is 21.1. The van der Waals surface area contributed by atoms with Crippen LogP contribution >= 0.6 is 11.8 Å². The molecule has 1 saturated heterocycles. The number of aliphatic carboxylic acids is 2. The third-order valence-corrected chi connectivity index (χ3v) is 14.1.